The van der Waals surface area contributed by atoms with E-state index in [0.717, 1.165) is 22.3 Å². The number of aryl methyl sites for hydroxylation is 1. The maximum Gasteiger partial charge on any atom is 0.247 e. The van der Waals surface area contributed by atoms with Gasteiger partial charge in [0.1, 0.15) is 0 Å². The van der Waals surface area contributed by atoms with Crippen LogP contribution in [-0.4, -0.2) is 11.8 Å². The Labute approximate surface area is 175 Å². The molecule has 2 amide bonds. The first-order valence-corrected chi connectivity index (χ1v) is 9.42. The highest BCUT2D eigenvalue weighted by Gasteiger charge is 2.11. The molecule has 0 saturated heterocycles. The van der Waals surface area contributed by atoms with Crippen LogP contribution in [0.3, 0.4) is 0 Å². The second-order valence-electron chi connectivity index (χ2n) is 6.80. The van der Waals surface area contributed by atoms with Gasteiger partial charge in [-0.15, -0.1) is 0 Å². The van der Waals surface area contributed by atoms with Gasteiger partial charge in [-0.05, 0) is 60.0 Å². The fraction of sp³-hybridized carbons (Fsp3) is 0.0800. The fourth-order valence-corrected chi connectivity index (χ4v) is 3.14. The molecule has 2 N–H and O–H groups in total. The number of nitrogens with one attached hydrogen (secondary N) is 2. The van der Waals surface area contributed by atoms with E-state index in [1.807, 2.05) is 49.4 Å². The molecule has 0 aliphatic rings. The Bertz CT molecular complexity index is 1140. The predicted octanol–water partition coefficient (Wildman–Crippen LogP) is 4.84. The molecule has 0 aliphatic carbocycles. The Kier molecular flexibility index (Phi) is 6.41. The normalized spacial score (nSPS) is 10.0. The number of hydrogen-bond acceptors (Lipinski definition) is 3. The van der Waals surface area contributed by atoms with Crippen LogP contribution in [0.2, 0.25) is 0 Å². The molecule has 5 nitrogen and oxygen atoms in total. The van der Waals surface area contributed by atoms with Crippen molar-refractivity contribution in [3.05, 3.63) is 96.1 Å². The minimum atomic E-state index is -0.271. The van der Waals surface area contributed by atoms with Crippen LogP contribution in [0.1, 0.15) is 16.7 Å². The number of rotatable bonds is 6. The van der Waals surface area contributed by atoms with Crippen LogP contribution in [0.4, 0.5) is 11.4 Å². The van der Waals surface area contributed by atoms with Crippen molar-refractivity contribution >= 4 is 23.2 Å². The van der Waals surface area contributed by atoms with E-state index in [4.69, 9.17) is 5.26 Å². The van der Waals surface area contributed by atoms with Crippen molar-refractivity contribution in [1.29, 1.82) is 5.26 Å². The van der Waals surface area contributed by atoms with E-state index in [1.165, 1.54) is 6.08 Å². The van der Waals surface area contributed by atoms with E-state index in [9.17, 15) is 9.59 Å². The summed E-state index contributed by atoms with van der Waals surface area (Å²) in [5.74, 6) is -0.405. The first kappa shape index (κ1) is 20.6. The lowest BCUT2D eigenvalue weighted by Crippen LogP contribution is -2.14. The first-order chi connectivity index (χ1) is 14.5. The lowest BCUT2D eigenvalue weighted by Gasteiger charge is -2.14. The molecule has 0 bridgehead atoms. The molecule has 0 aliphatic heterocycles. The van der Waals surface area contributed by atoms with E-state index in [1.54, 1.807) is 24.3 Å². The number of carbonyl (C=O) groups is 2. The zero-order chi connectivity index (χ0) is 21.5. The van der Waals surface area contributed by atoms with Crippen molar-refractivity contribution in [2.75, 3.05) is 10.6 Å². The molecular formula is C25H21N3O2. The highest BCUT2D eigenvalue weighted by molar-refractivity contribution is 6.02. The Morgan fingerprint density at radius 1 is 1.00 bits per heavy atom. The maximum absolute atomic E-state index is 12.4. The third kappa shape index (κ3) is 5.00. The SMILES string of the molecule is C=CC(=O)Nc1ccccc1-c1ccc(NC(=O)Cc2ccc(C#N)cc2)cc1C. The molecule has 0 unspecified atom stereocenters. The van der Waals surface area contributed by atoms with Crippen molar-refractivity contribution in [2.24, 2.45) is 0 Å². The summed E-state index contributed by atoms with van der Waals surface area (Å²) in [5, 5.41) is 14.6. The second kappa shape index (κ2) is 9.35. The molecule has 0 aromatic heterocycles. The van der Waals surface area contributed by atoms with Crippen molar-refractivity contribution < 1.29 is 9.59 Å². The Hall–Kier alpha value is -4.17. The van der Waals surface area contributed by atoms with Gasteiger partial charge in [-0.1, -0.05) is 43.0 Å². The van der Waals surface area contributed by atoms with Crippen LogP contribution in [0.15, 0.2) is 79.4 Å². The number of amides is 2. The molecule has 0 fully saturated rings. The number of carbonyl (C=O) groups excluding carboxylic acids is 2. The Morgan fingerprint density at radius 2 is 1.73 bits per heavy atom. The van der Waals surface area contributed by atoms with Crippen LogP contribution in [0.25, 0.3) is 11.1 Å². The van der Waals surface area contributed by atoms with Crippen molar-refractivity contribution in [3.63, 3.8) is 0 Å². The zero-order valence-corrected chi connectivity index (χ0v) is 16.6. The summed E-state index contributed by atoms with van der Waals surface area (Å²) in [7, 11) is 0. The number of nitrogens with zero attached hydrogens (tertiary/aromatic N) is 1. The standard InChI is InChI=1S/C25H21N3O2/c1-3-24(29)28-23-7-5-4-6-22(23)21-13-12-20(14-17(21)2)27-25(30)15-18-8-10-19(16-26)11-9-18/h3-14H,1,15H2,2H3,(H,27,30)(H,28,29). The number of nitriles is 1. The fourth-order valence-electron chi connectivity index (χ4n) is 3.14. The van der Waals surface area contributed by atoms with Crippen molar-refractivity contribution in [1.82, 2.24) is 0 Å². The van der Waals surface area contributed by atoms with Gasteiger partial charge in [0, 0.05) is 16.9 Å². The number of para-hydroxylation sites is 1. The highest BCUT2D eigenvalue weighted by Crippen LogP contribution is 2.32. The van der Waals surface area contributed by atoms with Gasteiger partial charge in [-0.2, -0.15) is 5.26 Å². The minimum absolute atomic E-state index is 0.134. The van der Waals surface area contributed by atoms with Crippen LogP contribution >= 0.6 is 0 Å². The summed E-state index contributed by atoms with van der Waals surface area (Å²) in [4.78, 5) is 24.1. The summed E-state index contributed by atoms with van der Waals surface area (Å²) in [6.45, 7) is 5.44. The number of benzene rings is 3. The molecule has 0 saturated carbocycles. The molecule has 0 spiro atoms. The predicted molar refractivity (Wildman–Crippen MR) is 119 cm³/mol. The average molecular weight is 395 g/mol. The van der Waals surface area contributed by atoms with Gasteiger partial charge < -0.3 is 10.6 Å². The largest absolute Gasteiger partial charge is 0.326 e. The van der Waals surface area contributed by atoms with E-state index < -0.39 is 0 Å². The second-order valence-corrected chi connectivity index (χ2v) is 6.80. The highest BCUT2D eigenvalue weighted by atomic mass is 16.2. The number of anilines is 2. The summed E-state index contributed by atoms with van der Waals surface area (Å²) in [5.41, 5.74) is 5.61. The van der Waals surface area contributed by atoms with Gasteiger partial charge in [-0.25, -0.2) is 0 Å². The minimum Gasteiger partial charge on any atom is -0.326 e. The zero-order valence-electron chi connectivity index (χ0n) is 16.6. The lowest BCUT2D eigenvalue weighted by atomic mass is 9.98. The maximum atomic E-state index is 12.4. The topological polar surface area (TPSA) is 82.0 Å². The molecule has 3 aromatic rings. The van der Waals surface area contributed by atoms with Crippen molar-refractivity contribution in [3.8, 4) is 17.2 Å². The molecule has 0 atom stereocenters. The van der Waals surface area contributed by atoms with Crippen LogP contribution in [-0.2, 0) is 16.0 Å². The molecule has 3 aromatic carbocycles. The smallest absolute Gasteiger partial charge is 0.247 e. The van der Waals surface area contributed by atoms with Gasteiger partial charge in [0.25, 0.3) is 0 Å². The average Bonchev–Trinajstić information content (AvgIpc) is 2.75. The van der Waals surface area contributed by atoms with E-state index >= 15 is 0 Å². The summed E-state index contributed by atoms with van der Waals surface area (Å²) >= 11 is 0. The lowest BCUT2D eigenvalue weighted by molar-refractivity contribution is -0.115. The molecule has 148 valence electrons. The van der Waals surface area contributed by atoms with Gasteiger partial charge in [0.2, 0.25) is 11.8 Å². The quantitative estimate of drug-likeness (QED) is 0.586. The van der Waals surface area contributed by atoms with Gasteiger partial charge in [0.05, 0.1) is 18.1 Å². The monoisotopic (exact) mass is 395 g/mol. The molecule has 5 heteroatoms. The summed E-state index contributed by atoms with van der Waals surface area (Å²) < 4.78 is 0. The molecule has 3 rings (SSSR count). The van der Waals surface area contributed by atoms with Gasteiger partial charge >= 0.3 is 0 Å². The van der Waals surface area contributed by atoms with Crippen LogP contribution in [0, 0.1) is 18.3 Å². The van der Waals surface area contributed by atoms with Gasteiger partial charge in [-0.3, -0.25) is 9.59 Å². The molecule has 0 heterocycles. The first-order valence-electron chi connectivity index (χ1n) is 9.42. The van der Waals surface area contributed by atoms with Crippen LogP contribution in [0.5, 0.6) is 0 Å². The molecule has 0 radical (unpaired) electrons. The molecule has 30 heavy (non-hydrogen) atoms. The van der Waals surface area contributed by atoms with Gasteiger partial charge in [0.15, 0.2) is 0 Å². The van der Waals surface area contributed by atoms with E-state index in [-0.39, 0.29) is 18.2 Å². The van der Waals surface area contributed by atoms with E-state index in [0.29, 0.717) is 16.9 Å². The molecular weight excluding hydrogens is 374 g/mol. The van der Waals surface area contributed by atoms with Crippen LogP contribution < -0.4 is 10.6 Å². The third-order valence-electron chi connectivity index (χ3n) is 4.62. The third-order valence-corrected chi connectivity index (χ3v) is 4.62. The Balaban J connectivity index is 1.75. The van der Waals surface area contributed by atoms with E-state index in [2.05, 4.69) is 23.3 Å². The Morgan fingerprint density at radius 3 is 2.40 bits per heavy atom. The summed E-state index contributed by atoms with van der Waals surface area (Å²) in [6, 6.07) is 22.2. The van der Waals surface area contributed by atoms with Crippen molar-refractivity contribution in [2.45, 2.75) is 13.3 Å². The number of hydrogen-bond donors (Lipinski definition) is 2. The summed E-state index contributed by atoms with van der Waals surface area (Å²) in [6.07, 6.45) is 1.46.